The van der Waals surface area contributed by atoms with Gasteiger partial charge in [0.1, 0.15) is 6.21 Å². The Kier molecular flexibility index (Phi) is 4.73. The molecular formula is C23H24BN5O+. The predicted molar refractivity (Wildman–Crippen MR) is 119 cm³/mol. The largest absolute Gasteiger partial charge is 0.355 e. The van der Waals surface area contributed by atoms with Crippen LogP contribution in [-0.2, 0) is 4.79 Å². The highest BCUT2D eigenvalue weighted by Gasteiger charge is 2.30. The number of nitrogens with zero attached hydrogens (tertiary/aromatic N) is 3. The van der Waals surface area contributed by atoms with Crippen molar-refractivity contribution in [3.05, 3.63) is 64.8 Å². The molecule has 2 N–H and O–H groups in total. The third-order valence-corrected chi connectivity index (χ3v) is 5.77. The lowest BCUT2D eigenvalue weighted by Crippen LogP contribution is -2.22. The fraction of sp³-hybridized carbons (Fsp3) is 0.304. The normalized spacial score (nSPS) is 17.6. The van der Waals surface area contributed by atoms with Crippen molar-refractivity contribution >= 4 is 36.7 Å². The van der Waals surface area contributed by atoms with E-state index in [1.54, 1.807) is 6.20 Å². The number of amides is 1. The summed E-state index contributed by atoms with van der Waals surface area (Å²) >= 11 is 0. The van der Waals surface area contributed by atoms with Gasteiger partial charge >= 0.3 is 5.82 Å². The Balaban J connectivity index is 1.23. The van der Waals surface area contributed by atoms with Gasteiger partial charge in [-0.05, 0) is 60.8 Å². The molecule has 0 spiro atoms. The third kappa shape index (κ3) is 3.67. The van der Waals surface area contributed by atoms with Gasteiger partial charge in [0, 0.05) is 5.69 Å². The number of fused-ring (bicyclic) bond motifs is 1. The number of carbonyl (C=O) groups excluding carboxylic acids is 1. The average Bonchev–Trinajstić information content (AvgIpc) is 3.47. The third-order valence-electron chi connectivity index (χ3n) is 5.77. The van der Waals surface area contributed by atoms with Gasteiger partial charge in [0.25, 0.3) is 5.82 Å². The van der Waals surface area contributed by atoms with Gasteiger partial charge in [-0.1, -0.05) is 29.8 Å². The summed E-state index contributed by atoms with van der Waals surface area (Å²) in [5, 5.41) is 6.44. The van der Waals surface area contributed by atoms with Crippen molar-refractivity contribution in [2.75, 3.05) is 17.2 Å². The van der Waals surface area contributed by atoms with Crippen LogP contribution in [-0.4, -0.2) is 40.5 Å². The van der Waals surface area contributed by atoms with E-state index in [9.17, 15) is 4.79 Å². The van der Waals surface area contributed by atoms with Crippen LogP contribution < -0.4 is 10.6 Å². The summed E-state index contributed by atoms with van der Waals surface area (Å²) in [4.78, 5) is 21.7. The summed E-state index contributed by atoms with van der Waals surface area (Å²) in [5.74, 6) is 2.24. The van der Waals surface area contributed by atoms with Gasteiger partial charge in [0.15, 0.2) is 13.0 Å². The molecule has 1 aromatic heterocycles. The van der Waals surface area contributed by atoms with Crippen LogP contribution in [0.4, 0.5) is 17.3 Å². The first-order valence-electron chi connectivity index (χ1n) is 10.5. The quantitative estimate of drug-likeness (QED) is 0.554. The minimum atomic E-state index is -0.0659. The molecule has 5 rings (SSSR count). The predicted octanol–water partition coefficient (Wildman–Crippen LogP) is 3.58. The number of benzene rings is 1. The molecule has 1 amide bonds. The molecule has 3 heterocycles. The number of carbonyl (C=O) groups is 1. The van der Waals surface area contributed by atoms with Crippen LogP contribution in [0, 0.1) is 5.92 Å². The molecule has 1 radical (unpaired) electrons. The zero-order valence-corrected chi connectivity index (χ0v) is 17.2. The van der Waals surface area contributed by atoms with E-state index in [1.807, 2.05) is 43.8 Å². The minimum Gasteiger partial charge on any atom is -0.342 e. The molecule has 6 nitrogen and oxygen atoms in total. The van der Waals surface area contributed by atoms with Crippen molar-refractivity contribution in [2.45, 2.75) is 32.7 Å². The molecule has 30 heavy (non-hydrogen) atoms. The lowest BCUT2D eigenvalue weighted by atomic mass is 9.64. The lowest BCUT2D eigenvalue weighted by Gasteiger charge is -2.16. The molecule has 1 unspecified atom stereocenters. The number of nitrogens with one attached hydrogen (secondary N) is 2. The fourth-order valence-corrected chi connectivity index (χ4v) is 3.81. The molecule has 1 saturated carbocycles. The first kappa shape index (κ1) is 18.8. The van der Waals surface area contributed by atoms with E-state index in [-0.39, 0.29) is 11.9 Å². The van der Waals surface area contributed by atoms with Gasteiger partial charge in [-0.3, -0.25) is 4.79 Å². The molecule has 1 aromatic carbocycles. The summed E-state index contributed by atoms with van der Waals surface area (Å²) in [7, 11) is 2.02. The van der Waals surface area contributed by atoms with Crippen molar-refractivity contribution in [3.63, 3.8) is 0 Å². The lowest BCUT2D eigenvalue weighted by molar-refractivity contribution is -0.447. The maximum absolute atomic E-state index is 12.6. The number of aromatic nitrogens is 2. The van der Waals surface area contributed by atoms with Gasteiger partial charge in [0.05, 0.1) is 18.8 Å². The van der Waals surface area contributed by atoms with Crippen LogP contribution in [0.15, 0.2) is 53.6 Å². The van der Waals surface area contributed by atoms with E-state index in [2.05, 4.69) is 45.1 Å². The van der Waals surface area contributed by atoms with Crippen LogP contribution in [0.5, 0.6) is 0 Å². The monoisotopic (exact) mass is 397 g/mol. The summed E-state index contributed by atoms with van der Waals surface area (Å²) < 4.78 is 2.08. The van der Waals surface area contributed by atoms with E-state index < -0.39 is 0 Å². The molecule has 3 aliphatic rings. The fourth-order valence-electron chi connectivity index (χ4n) is 3.81. The Morgan fingerprint density at radius 1 is 1.33 bits per heavy atom. The Morgan fingerprint density at radius 2 is 2.20 bits per heavy atom. The highest BCUT2D eigenvalue weighted by Crippen LogP contribution is 2.38. The second-order valence-electron chi connectivity index (χ2n) is 8.03. The van der Waals surface area contributed by atoms with E-state index in [0.29, 0.717) is 5.92 Å². The summed E-state index contributed by atoms with van der Waals surface area (Å²) in [5.41, 5.74) is 4.79. The van der Waals surface area contributed by atoms with Gasteiger partial charge < -0.3 is 10.6 Å². The molecule has 7 heteroatoms. The van der Waals surface area contributed by atoms with Crippen molar-refractivity contribution in [1.82, 2.24) is 9.97 Å². The molecule has 2 aromatic rings. The average molecular weight is 397 g/mol. The Hall–Kier alpha value is -3.22. The zero-order chi connectivity index (χ0) is 20.7. The number of hydrogen-bond acceptors (Lipinski definition) is 4. The smallest absolute Gasteiger partial charge is 0.342 e. The second kappa shape index (κ2) is 7.56. The maximum atomic E-state index is 12.6. The molecule has 149 valence electrons. The standard InChI is InChI=1S/C23H23BN5O/c1-3-29-13-20-22(29)28-21(12-25-20)26-14(2)16-5-4-6-17(11-16)27-23(30)19-10-9-18(24-19)15-7-8-15/h4-6,9-15H,3,7-8H2,1-2H3,(H,27,30)/p+1. The minimum absolute atomic E-state index is 0.0220. The van der Waals surface area contributed by atoms with E-state index in [4.69, 9.17) is 0 Å². The van der Waals surface area contributed by atoms with Crippen LogP contribution in [0.2, 0.25) is 0 Å². The molecule has 0 bridgehead atoms. The first-order chi connectivity index (χ1) is 14.6. The van der Waals surface area contributed by atoms with Crippen LogP contribution in [0.3, 0.4) is 0 Å². The Bertz CT molecular complexity index is 1120. The highest BCUT2D eigenvalue weighted by atomic mass is 16.1. The molecule has 1 fully saturated rings. The summed E-state index contributed by atoms with van der Waals surface area (Å²) in [6.07, 6.45) is 10.2. The van der Waals surface area contributed by atoms with Crippen molar-refractivity contribution in [3.8, 4) is 0 Å². The van der Waals surface area contributed by atoms with Crippen molar-refractivity contribution in [1.29, 1.82) is 0 Å². The van der Waals surface area contributed by atoms with Gasteiger partial charge in [-0.25, -0.2) is 9.56 Å². The zero-order valence-electron chi connectivity index (χ0n) is 17.2. The van der Waals surface area contributed by atoms with Crippen LogP contribution >= 0.6 is 0 Å². The number of anilines is 2. The van der Waals surface area contributed by atoms with Crippen LogP contribution in [0.25, 0.3) is 0 Å². The van der Waals surface area contributed by atoms with E-state index in [1.165, 1.54) is 18.3 Å². The Morgan fingerprint density at radius 3 is 3.00 bits per heavy atom. The molecule has 0 saturated heterocycles. The highest BCUT2D eigenvalue weighted by molar-refractivity contribution is 6.63. The van der Waals surface area contributed by atoms with E-state index in [0.717, 1.165) is 40.6 Å². The molecule has 1 atom stereocenters. The van der Waals surface area contributed by atoms with Gasteiger partial charge in [-0.2, -0.15) is 0 Å². The van der Waals surface area contributed by atoms with Crippen molar-refractivity contribution < 1.29 is 9.37 Å². The van der Waals surface area contributed by atoms with Crippen LogP contribution in [0.1, 0.15) is 44.0 Å². The maximum Gasteiger partial charge on any atom is 0.355 e. The summed E-state index contributed by atoms with van der Waals surface area (Å²) in [6.45, 7) is 5.05. The summed E-state index contributed by atoms with van der Waals surface area (Å²) in [6, 6.07) is 7.94. The molecule has 1 aliphatic carbocycles. The van der Waals surface area contributed by atoms with E-state index >= 15 is 0 Å². The van der Waals surface area contributed by atoms with Gasteiger partial charge in [0.2, 0.25) is 5.91 Å². The molecule has 2 aliphatic heterocycles. The van der Waals surface area contributed by atoms with Gasteiger partial charge in [-0.15, -0.1) is 0 Å². The number of allylic oxidation sites excluding steroid dienone is 3. The Labute approximate surface area is 177 Å². The second-order valence-corrected chi connectivity index (χ2v) is 8.03. The topological polar surface area (TPSA) is 69.9 Å². The van der Waals surface area contributed by atoms with Crippen molar-refractivity contribution in [2.24, 2.45) is 5.92 Å². The number of rotatable bonds is 7. The number of hydrogen-bond donors (Lipinski definition) is 2. The SMILES string of the molecule is CC[N+]1=Cc2ncc(NC(C)c3cccc(NC(=O)C4=CC=C(C5CC5)[B]4)c3)nc21. The first-order valence-corrected chi connectivity index (χ1v) is 10.5. The molecular weight excluding hydrogens is 373 g/mol.